The number of halogens is 3. The van der Waals surface area contributed by atoms with Gasteiger partial charge in [-0.1, -0.05) is 59.1 Å². The highest BCUT2D eigenvalue weighted by atomic mass is 35.5. The maximum Gasteiger partial charge on any atom is 0.275 e. The van der Waals surface area contributed by atoms with Gasteiger partial charge in [0.15, 0.2) is 0 Å². The van der Waals surface area contributed by atoms with Gasteiger partial charge in [-0.05, 0) is 56.3 Å². The zero-order valence-corrected chi connectivity index (χ0v) is 22.0. The minimum atomic E-state index is -0.960. The van der Waals surface area contributed by atoms with E-state index < -0.39 is 17.0 Å². The largest absolute Gasteiger partial charge is 0.508 e. The number of para-hydroxylation sites is 2. The molecule has 2 heterocycles. The van der Waals surface area contributed by atoms with Gasteiger partial charge in [-0.15, -0.1) is 0 Å². The van der Waals surface area contributed by atoms with E-state index in [4.69, 9.17) is 34.8 Å². The lowest BCUT2D eigenvalue weighted by atomic mass is 9.85. The van der Waals surface area contributed by atoms with Crippen LogP contribution in [0.2, 0.25) is 15.1 Å². The lowest BCUT2D eigenvalue weighted by Gasteiger charge is -2.17. The number of nitrogens with zero attached hydrogens (tertiary/aromatic N) is 2. The van der Waals surface area contributed by atoms with Gasteiger partial charge >= 0.3 is 0 Å². The van der Waals surface area contributed by atoms with Crippen LogP contribution in [-0.2, 0) is 0 Å². The van der Waals surface area contributed by atoms with Crippen LogP contribution in [0.1, 0.15) is 34.0 Å². The minimum Gasteiger partial charge on any atom is -0.508 e. The molecule has 5 aromatic rings. The van der Waals surface area contributed by atoms with Crippen molar-refractivity contribution >= 4 is 34.8 Å². The highest BCUT2D eigenvalue weighted by Crippen LogP contribution is 2.38. The number of hydrogen-bond acceptors (Lipinski definition) is 3. The number of aromatic hydroxyl groups is 1. The lowest BCUT2D eigenvalue weighted by molar-refractivity contribution is 0.467. The maximum absolute atomic E-state index is 13.9. The SMILES string of the molecule is Cc1[nH]n(-c2ccccc2Cl)c(=O)c1C(c1cc(Cl)ccc1O)c1c(C)[nH]n(-c2ccccc2Cl)c1=O. The average molecular weight is 556 g/mol. The first-order chi connectivity index (χ1) is 17.7. The molecule has 0 unspecified atom stereocenters. The first-order valence-electron chi connectivity index (χ1n) is 11.3. The Hall–Kier alpha value is -3.65. The van der Waals surface area contributed by atoms with Gasteiger partial charge < -0.3 is 5.11 Å². The molecule has 0 spiro atoms. The second-order valence-electron chi connectivity index (χ2n) is 8.62. The summed E-state index contributed by atoms with van der Waals surface area (Å²) in [6.07, 6.45) is 0. The Morgan fingerprint density at radius 3 is 1.65 bits per heavy atom. The van der Waals surface area contributed by atoms with Gasteiger partial charge in [0.2, 0.25) is 0 Å². The molecule has 37 heavy (non-hydrogen) atoms. The Morgan fingerprint density at radius 1 is 0.730 bits per heavy atom. The molecule has 0 amide bonds. The number of aromatic amines is 2. The van der Waals surface area contributed by atoms with Crippen LogP contribution < -0.4 is 11.1 Å². The molecule has 0 fully saturated rings. The van der Waals surface area contributed by atoms with Crippen molar-refractivity contribution in [2.24, 2.45) is 0 Å². The van der Waals surface area contributed by atoms with Crippen LogP contribution in [0.15, 0.2) is 76.3 Å². The molecule has 0 radical (unpaired) electrons. The summed E-state index contributed by atoms with van der Waals surface area (Å²) in [5, 5.41) is 18.1. The Balaban J connectivity index is 1.83. The number of aryl methyl sites for hydroxylation is 2. The summed E-state index contributed by atoms with van der Waals surface area (Å²) < 4.78 is 2.66. The molecule has 7 nitrogen and oxygen atoms in total. The van der Waals surface area contributed by atoms with E-state index in [9.17, 15) is 14.7 Å². The highest BCUT2D eigenvalue weighted by molar-refractivity contribution is 6.32. The van der Waals surface area contributed by atoms with Crippen molar-refractivity contribution in [3.8, 4) is 17.1 Å². The molecule has 0 aliphatic rings. The summed E-state index contributed by atoms with van der Waals surface area (Å²) in [5.41, 5.74) is 1.92. The molecular weight excluding hydrogens is 535 g/mol. The minimum absolute atomic E-state index is 0.108. The summed E-state index contributed by atoms with van der Waals surface area (Å²) in [5.74, 6) is -1.07. The summed E-state index contributed by atoms with van der Waals surface area (Å²) in [6, 6.07) is 18.4. The first kappa shape index (κ1) is 25.0. The van der Waals surface area contributed by atoms with E-state index in [2.05, 4.69) is 10.2 Å². The van der Waals surface area contributed by atoms with E-state index in [1.54, 1.807) is 68.4 Å². The third-order valence-corrected chi connectivity index (χ3v) is 7.17. The number of phenols is 1. The van der Waals surface area contributed by atoms with Gasteiger partial charge in [0.25, 0.3) is 11.1 Å². The number of hydrogen-bond donors (Lipinski definition) is 3. The highest BCUT2D eigenvalue weighted by Gasteiger charge is 2.33. The summed E-state index contributed by atoms with van der Waals surface area (Å²) in [7, 11) is 0. The van der Waals surface area contributed by atoms with E-state index in [1.807, 2.05) is 0 Å². The molecule has 188 valence electrons. The van der Waals surface area contributed by atoms with Gasteiger partial charge in [0.05, 0.1) is 38.5 Å². The second kappa shape index (κ2) is 9.67. The molecule has 0 bridgehead atoms. The molecular formula is C27H21Cl3N4O3. The number of nitrogens with one attached hydrogen (secondary N) is 2. The van der Waals surface area contributed by atoms with Gasteiger partial charge in [0.1, 0.15) is 5.75 Å². The molecule has 0 aliphatic carbocycles. The molecule has 3 N–H and O–H groups in total. The van der Waals surface area contributed by atoms with Crippen molar-refractivity contribution in [2.75, 3.05) is 0 Å². The molecule has 0 saturated carbocycles. The molecule has 2 aromatic heterocycles. The third-order valence-electron chi connectivity index (χ3n) is 6.30. The molecule has 10 heteroatoms. The summed E-state index contributed by atoms with van der Waals surface area (Å²) in [6.45, 7) is 3.46. The third kappa shape index (κ3) is 4.29. The van der Waals surface area contributed by atoms with Crippen LogP contribution in [-0.4, -0.2) is 24.7 Å². The average Bonchev–Trinajstić information content (AvgIpc) is 3.32. The summed E-state index contributed by atoms with van der Waals surface area (Å²) in [4.78, 5) is 27.8. The van der Waals surface area contributed by atoms with Crippen molar-refractivity contribution in [2.45, 2.75) is 19.8 Å². The number of phenolic OH excluding ortho intramolecular Hbond substituents is 1. The summed E-state index contributed by atoms with van der Waals surface area (Å²) >= 11 is 19.1. The van der Waals surface area contributed by atoms with Gasteiger partial charge in [-0.2, -0.15) is 0 Å². The smallest absolute Gasteiger partial charge is 0.275 e. The fraction of sp³-hybridized carbons (Fsp3) is 0.111. The Morgan fingerprint density at radius 2 is 1.19 bits per heavy atom. The van der Waals surface area contributed by atoms with E-state index in [0.717, 1.165) is 0 Å². The van der Waals surface area contributed by atoms with Gasteiger partial charge in [-0.25, -0.2) is 9.36 Å². The quantitative estimate of drug-likeness (QED) is 0.244. The first-order valence-corrected chi connectivity index (χ1v) is 12.4. The van der Waals surface area contributed by atoms with Crippen LogP contribution in [0.3, 0.4) is 0 Å². The van der Waals surface area contributed by atoms with Crippen molar-refractivity contribution < 1.29 is 5.11 Å². The number of aromatic nitrogens is 4. The fourth-order valence-corrected chi connectivity index (χ4v) is 5.24. The van der Waals surface area contributed by atoms with Crippen LogP contribution in [0.25, 0.3) is 11.4 Å². The van der Waals surface area contributed by atoms with Crippen molar-refractivity contribution in [1.29, 1.82) is 0 Å². The number of rotatable bonds is 5. The van der Waals surface area contributed by atoms with Gasteiger partial charge in [-0.3, -0.25) is 19.8 Å². The Bertz CT molecular complexity index is 1660. The van der Waals surface area contributed by atoms with E-state index in [-0.39, 0.29) is 16.9 Å². The van der Waals surface area contributed by atoms with Crippen LogP contribution >= 0.6 is 34.8 Å². The Kier molecular flexibility index (Phi) is 6.54. The lowest BCUT2D eigenvalue weighted by Crippen LogP contribution is -2.25. The van der Waals surface area contributed by atoms with Crippen molar-refractivity contribution in [3.63, 3.8) is 0 Å². The standard InChI is InChI=1S/C27H21Cl3N4O3/c1-14-23(26(36)33(31-14)20-9-5-3-7-18(20)29)25(17-13-16(28)11-12-22(17)35)24-15(2)32-34(27(24)37)21-10-6-4-8-19(21)30/h3-13,25,31-32,35H,1-2H3. The zero-order valence-electron chi connectivity index (χ0n) is 19.7. The second-order valence-corrected chi connectivity index (χ2v) is 9.87. The van der Waals surface area contributed by atoms with Gasteiger partial charge in [0, 0.05) is 22.0 Å². The predicted octanol–water partition coefficient (Wildman–Crippen LogP) is 6.11. The molecule has 0 saturated heterocycles. The van der Waals surface area contributed by atoms with E-state index >= 15 is 0 Å². The van der Waals surface area contributed by atoms with E-state index in [1.165, 1.54) is 21.5 Å². The van der Waals surface area contributed by atoms with E-state index in [0.29, 0.717) is 43.4 Å². The normalized spacial score (nSPS) is 11.4. The van der Waals surface area contributed by atoms with Crippen LogP contribution in [0.4, 0.5) is 0 Å². The molecule has 0 atom stereocenters. The Labute approximate surface area is 226 Å². The fourth-order valence-electron chi connectivity index (χ4n) is 4.62. The molecule has 5 rings (SSSR count). The maximum atomic E-state index is 13.9. The van der Waals surface area contributed by atoms with Crippen molar-refractivity contribution in [1.82, 2.24) is 19.6 Å². The number of benzene rings is 3. The zero-order chi connectivity index (χ0) is 26.4. The molecule has 3 aromatic carbocycles. The number of H-pyrrole nitrogens is 2. The van der Waals surface area contributed by atoms with Crippen molar-refractivity contribution in [3.05, 3.63) is 131 Å². The topological polar surface area (TPSA) is 95.8 Å². The molecule has 0 aliphatic heterocycles. The van der Waals surface area contributed by atoms with Crippen LogP contribution in [0.5, 0.6) is 5.75 Å². The predicted molar refractivity (Wildman–Crippen MR) is 146 cm³/mol. The monoisotopic (exact) mass is 554 g/mol. The van der Waals surface area contributed by atoms with Crippen LogP contribution in [0, 0.1) is 13.8 Å².